The average molecular weight is 411 g/mol. The molecule has 0 saturated carbocycles. The van der Waals surface area contributed by atoms with E-state index in [-0.39, 0.29) is 18.1 Å². The Labute approximate surface area is 175 Å². The number of methoxy groups -OCH3 is 2. The van der Waals surface area contributed by atoms with Gasteiger partial charge in [0.1, 0.15) is 5.92 Å². The zero-order chi connectivity index (χ0) is 21.5. The molecule has 1 unspecified atom stereocenters. The Morgan fingerprint density at radius 3 is 2.23 bits per heavy atom. The topological polar surface area (TPSA) is 82.1 Å². The molecule has 1 heterocycles. The second-order valence-corrected chi connectivity index (χ2v) is 6.92. The second-order valence-electron chi connectivity index (χ2n) is 6.92. The number of carbonyl (C=O) groups is 3. The number of carbonyl (C=O) groups excluding carboxylic acids is 3. The SMILES string of the molecule is COc1ccc(C(=O)C(CC(=O)c2ccccc2)C(=O)N2CCOCC2)cc1OC. The van der Waals surface area contributed by atoms with Crippen molar-refractivity contribution in [1.82, 2.24) is 4.90 Å². The number of ether oxygens (including phenoxy) is 3. The van der Waals surface area contributed by atoms with Crippen molar-refractivity contribution in [3.8, 4) is 11.5 Å². The normalized spacial score (nSPS) is 14.7. The lowest BCUT2D eigenvalue weighted by Crippen LogP contribution is -2.46. The summed E-state index contributed by atoms with van der Waals surface area (Å²) in [5.74, 6) is -1.29. The van der Waals surface area contributed by atoms with Crippen LogP contribution in [0.2, 0.25) is 0 Å². The van der Waals surface area contributed by atoms with Crippen LogP contribution in [0.1, 0.15) is 27.1 Å². The summed E-state index contributed by atoms with van der Waals surface area (Å²) < 4.78 is 15.8. The van der Waals surface area contributed by atoms with Gasteiger partial charge in [0.2, 0.25) is 5.91 Å². The third kappa shape index (κ3) is 4.86. The molecule has 0 aliphatic carbocycles. The lowest BCUT2D eigenvalue weighted by atomic mass is 9.89. The minimum Gasteiger partial charge on any atom is -0.493 e. The van der Waals surface area contributed by atoms with Gasteiger partial charge in [0.15, 0.2) is 23.1 Å². The van der Waals surface area contributed by atoms with Crippen molar-refractivity contribution in [2.45, 2.75) is 6.42 Å². The number of benzene rings is 2. The van der Waals surface area contributed by atoms with Gasteiger partial charge in [-0.05, 0) is 18.2 Å². The van der Waals surface area contributed by atoms with E-state index in [1.165, 1.54) is 20.3 Å². The molecule has 1 aliphatic heterocycles. The van der Waals surface area contributed by atoms with Gasteiger partial charge < -0.3 is 19.1 Å². The maximum Gasteiger partial charge on any atom is 0.234 e. The van der Waals surface area contributed by atoms with Crippen molar-refractivity contribution in [3.63, 3.8) is 0 Å². The molecule has 30 heavy (non-hydrogen) atoms. The number of amides is 1. The van der Waals surface area contributed by atoms with Crippen LogP contribution in [0, 0.1) is 5.92 Å². The molecule has 1 saturated heterocycles. The summed E-state index contributed by atoms with van der Waals surface area (Å²) in [5, 5.41) is 0. The van der Waals surface area contributed by atoms with Gasteiger partial charge in [-0.15, -0.1) is 0 Å². The zero-order valence-corrected chi connectivity index (χ0v) is 17.1. The quantitative estimate of drug-likeness (QED) is 0.491. The Morgan fingerprint density at radius 2 is 1.60 bits per heavy atom. The number of rotatable bonds is 8. The summed E-state index contributed by atoms with van der Waals surface area (Å²) in [5.41, 5.74) is 0.762. The average Bonchev–Trinajstić information content (AvgIpc) is 2.82. The van der Waals surface area contributed by atoms with Crippen LogP contribution in [-0.4, -0.2) is 62.9 Å². The molecule has 158 valence electrons. The molecule has 2 aromatic rings. The summed E-state index contributed by atoms with van der Waals surface area (Å²) in [7, 11) is 2.98. The van der Waals surface area contributed by atoms with E-state index in [9.17, 15) is 14.4 Å². The molecule has 1 aliphatic rings. The maximum atomic E-state index is 13.3. The van der Waals surface area contributed by atoms with Gasteiger partial charge >= 0.3 is 0 Å². The Hall–Kier alpha value is -3.19. The zero-order valence-electron chi connectivity index (χ0n) is 17.1. The van der Waals surface area contributed by atoms with E-state index in [2.05, 4.69) is 0 Å². The summed E-state index contributed by atoms with van der Waals surface area (Å²) >= 11 is 0. The van der Waals surface area contributed by atoms with Gasteiger partial charge in [-0.3, -0.25) is 14.4 Å². The molecule has 0 radical (unpaired) electrons. The summed E-state index contributed by atoms with van der Waals surface area (Å²) in [6.07, 6.45) is -0.201. The van der Waals surface area contributed by atoms with Crippen LogP contribution in [0.3, 0.4) is 0 Å². The third-order valence-corrected chi connectivity index (χ3v) is 5.09. The summed E-state index contributed by atoms with van der Waals surface area (Å²) in [4.78, 5) is 40.9. The van der Waals surface area contributed by atoms with Crippen LogP contribution in [0.4, 0.5) is 0 Å². The number of hydrogen-bond acceptors (Lipinski definition) is 6. The molecule has 1 amide bonds. The molecule has 7 heteroatoms. The minimum atomic E-state index is -1.12. The molecular formula is C23H25NO6. The van der Waals surface area contributed by atoms with Gasteiger partial charge in [-0.1, -0.05) is 30.3 Å². The molecule has 1 atom stereocenters. The number of ketones is 2. The van der Waals surface area contributed by atoms with Crippen molar-refractivity contribution in [1.29, 1.82) is 0 Å². The van der Waals surface area contributed by atoms with Crippen LogP contribution in [-0.2, 0) is 9.53 Å². The highest BCUT2D eigenvalue weighted by atomic mass is 16.5. The van der Waals surface area contributed by atoms with Gasteiger partial charge in [0.05, 0.1) is 27.4 Å². The van der Waals surface area contributed by atoms with E-state index in [0.717, 1.165) is 0 Å². The van der Waals surface area contributed by atoms with Crippen molar-refractivity contribution < 1.29 is 28.6 Å². The fraction of sp³-hybridized carbons (Fsp3) is 0.348. The molecule has 0 bridgehead atoms. The van der Waals surface area contributed by atoms with Crippen molar-refractivity contribution in [2.24, 2.45) is 5.92 Å². The van der Waals surface area contributed by atoms with E-state index in [1.54, 1.807) is 41.3 Å². The molecule has 0 N–H and O–H groups in total. The predicted octanol–water partition coefficient (Wildman–Crippen LogP) is 2.63. The highest BCUT2D eigenvalue weighted by Gasteiger charge is 2.34. The Balaban J connectivity index is 1.90. The molecule has 0 spiro atoms. The predicted molar refractivity (Wildman–Crippen MR) is 110 cm³/mol. The van der Waals surface area contributed by atoms with Gasteiger partial charge in [0, 0.05) is 30.6 Å². The number of morpholine rings is 1. The van der Waals surface area contributed by atoms with Crippen molar-refractivity contribution >= 4 is 17.5 Å². The van der Waals surface area contributed by atoms with E-state index < -0.39 is 11.7 Å². The smallest absolute Gasteiger partial charge is 0.234 e. The summed E-state index contributed by atoms with van der Waals surface area (Å²) in [6, 6.07) is 13.4. The molecule has 2 aromatic carbocycles. The number of nitrogens with zero attached hydrogens (tertiary/aromatic N) is 1. The molecule has 0 aromatic heterocycles. The Morgan fingerprint density at radius 1 is 0.933 bits per heavy atom. The van der Waals surface area contributed by atoms with E-state index in [0.29, 0.717) is 48.9 Å². The first-order valence-electron chi connectivity index (χ1n) is 9.76. The minimum absolute atomic E-state index is 0.201. The van der Waals surface area contributed by atoms with Gasteiger partial charge in [0.25, 0.3) is 0 Å². The fourth-order valence-electron chi connectivity index (χ4n) is 3.41. The standard InChI is InChI=1S/C23H25NO6/c1-28-20-9-8-17(14-21(20)29-2)22(26)18(23(27)24-10-12-30-13-11-24)15-19(25)16-6-4-3-5-7-16/h3-9,14,18H,10-13,15H2,1-2H3. The molecule has 1 fully saturated rings. The van der Waals surface area contributed by atoms with Crippen LogP contribution < -0.4 is 9.47 Å². The first kappa shape index (κ1) is 21.5. The first-order valence-corrected chi connectivity index (χ1v) is 9.76. The highest BCUT2D eigenvalue weighted by Crippen LogP contribution is 2.29. The lowest BCUT2D eigenvalue weighted by molar-refractivity contribution is -0.138. The molecule has 7 nitrogen and oxygen atoms in total. The number of hydrogen-bond donors (Lipinski definition) is 0. The molecular weight excluding hydrogens is 386 g/mol. The Bertz CT molecular complexity index is 905. The van der Waals surface area contributed by atoms with Crippen molar-refractivity contribution in [2.75, 3.05) is 40.5 Å². The second kappa shape index (κ2) is 10.0. The monoisotopic (exact) mass is 411 g/mol. The first-order chi connectivity index (χ1) is 14.5. The van der Waals surface area contributed by atoms with E-state index in [1.807, 2.05) is 6.07 Å². The third-order valence-electron chi connectivity index (χ3n) is 5.09. The van der Waals surface area contributed by atoms with E-state index >= 15 is 0 Å². The lowest BCUT2D eigenvalue weighted by Gasteiger charge is -2.30. The van der Waals surface area contributed by atoms with Crippen LogP contribution in [0.5, 0.6) is 11.5 Å². The van der Waals surface area contributed by atoms with Gasteiger partial charge in [-0.2, -0.15) is 0 Å². The Kier molecular flexibility index (Phi) is 7.19. The van der Waals surface area contributed by atoms with Crippen LogP contribution in [0.15, 0.2) is 48.5 Å². The fourth-order valence-corrected chi connectivity index (χ4v) is 3.41. The largest absolute Gasteiger partial charge is 0.493 e. The number of Topliss-reactive ketones (excluding diaryl/α,β-unsaturated/α-hetero) is 2. The van der Waals surface area contributed by atoms with Crippen molar-refractivity contribution in [3.05, 3.63) is 59.7 Å². The van der Waals surface area contributed by atoms with E-state index in [4.69, 9.17) is 14.2 Å². The van der Waals surface area contributed by atoms with Crippen LogP contribution in [0.25, 0.3) is 0 Å². The highest BCUT2D eigenvalue weighted by molar-refractivity contribution is 6.13. The van der Waals surface area contributed by atoms with Gasteiger partial charge in [-0.25, -0.2) is 0 Å². The maximum absolute atomic E-state index is 13.3. The summed E-state index contributed by atoms with van der Waals surface area (Å²) in [6.45, 7) is 1.62. The van der Waals surface area contributed by atoms with Crippen LogP contribution >= 0.6 is 0 Å². The molecule has 3 rings (SSSR count).